The highest BCUT2D eigenvalue weighted by Crippen LogP contribution is 2.06. The molecule has 0 fully saturated rings. The molecule has 0 unspecified atom stereocenters. The van der Waals surface area contributed by atoms with Crippen molar-refractivity contribution >= 4 is 5.82 Å². The quantitative estimate of drug-likeness (QED) is 0.809. The largest absolute Gasteiger partial charge is 0.384 e. The summed E-state index contributed by atoms with van der Waals surface area (Å²) >= 11 is 0. The molecule has 2 heterocycles. The van der Waals surface area contributed by atoms with E-state index in [1.165, 1.54) is 0 Å². The Labute approximate surface area is 93.2 Å². The zero-order valence-corrected chi connectivity index (χ0v) is 8.88. The fourth-order valence-corrected chi connectivity index (χ4v) is 1.53. The maximum Gasteiger partial charge on any atom is 0.150 e. The average Bonchev–Trinajstić information content (AvgIpc) is 2.63. The van der Waals surface area contributed by atoms with Crippen LogP contribution in [0.15, 0.2) is 24.4 Å². The fraction of sp³-hybridized carbons (Fsp3) is 0.182. The molecule has 0 saturated heterocycles. The summed E-state index contributed by atoms with van der Waals surface area (Å²) in [6.45, 7) is 2.32. The van der Waals surface area contributed by atoms with E-state index in [1.807, 2.05) is 19.2 Å². The summed E-state index contributed by atoms with van der Waals surface area (Å²) < 4.78 is 1.79. The van der Waals surface area contributed by atoms with Crippen molar-refractivity contribution in [1.82, 2.24) is 14.5 Å². The number of nitrogens with zero attached hydrogens (tertiary/aromatic N) is 4. The predicted octanol–water partition coefficient (Wildman–Crippen LogP) is 1.09. The van der Waals surface area contributed by atoms with E-state index in [2.05, 4.69) is 16.0 Å². The third kappa shape index (κ3) is 2.01. The Morgan fingerprint density at radius 2 is 2.31 bits per heavy atom. The summed E-state index contributed by atoms with van der Waals surface area (Å²) in [5, 5.41) is 8.86. The van der Waals surface area contributed by atoms with E-state index in [0.717, 1.165) is 5.69 Å². The average molecular weight is 213 g/mol. The van der Waals surface area contributed by atoms with E-state index in [1.54, 1.807) is 16.7 Å². The van der Waals surface area contributed by atoms with Gasteiger partial charge >= 0.3 is 0 Å². The van der Waals surface area contributed by atoms with Crippen molar-refractivity contribution in [3.05, 3.63) is 41.6 Å². The first kappa shape index (κ1) is 10.2. The molecule has 0 aliphatic rings. The molecule has 5 nitrogen and oxygen atoms in total. The first-order valence-electron chi connectivity index (χ1n) is 4.84. The SMILES string of the molecule is Cc1cc(N)nc(Cn2cccc2C#N)n1. The van der Waals surface area contributed by atoms with E-state index in [-0.39, 0.29) is 0 Å². The Morgan fingerprint density at radius 1 is 1.50 bits per heavy atom. The number of hydrogen-bond donors (Lipinski definition) is 1. The number of aromatic nitrogens is 3. The van der Waals surface area contributed by atoms with Gasteiger partial charge in [0.05, 0.1) is 6.54 Å². The topological polar surface area (TPSA) is 80.5 Å². The zero-order valence-electron chi connectivity index (χ0n) is 8.88. The summed E-state index contributed by atoms with van der Waals surface area (Å²) in [5.41, 5.74) is 7.05. The highest BCUT2D eigenvalue weighted by molar-refractivity contribution is 5.29. The Kier molecular flexibility index (Phi) is 2.56. The Hall–Kier alpha value is -2.35. The van der Waals surface area contributed by atoms with Crippen molar-refractivity contribution in [2.24, 2.45) is 0 Å². The van der Waals surface area contributed by atoms with Gasteiger partial charge in [0.2, 0.25) is 0 Å². The molecule has 0 radical (unpaired) electrons. The van der Waals surface area contributed by atoms with E-state index < -0.39 is 0 Å². The molecule has 2 rings (SSSR count). The van der Waals surface area contributed by atoms with Gasteiger partial charge in [0.25, 0.3) is 0 Å². The van der Waals surface area contributed by atoms with Gasteiger partial charge in [-0.05, 0) is 19.1 Å². The summed E-state index contributed by atoms with van der Waals surface area (Å²) in [5.74, 6) is 1.07. The first-order chi connectivity index (χ1) is 7.69. The normalized spacial score (nSPS) is 10.0. The van der Waals surface area contributed by atoms with Gasteiger partial charge in [-0.3, -0.25) is 0 Å². The van der Waals surface area contributed by atoms with Crippen molar-refractivity contribution in [2.75, 3.05) is 5.73 Å². The molecule has 5 heteroatoms. The number of anilines is 1. The molecule has 0 atom stereocenters. The van der Waals surface area contributed by atoms with E-state index in [0.29, 0.717) is 23.9 Å². The lowest BCUT2D eigenvalue weighted by Crippen LogP contribution is -2.07. The molecular formula is C11H11N5. The van der Waals surface area contributed by atoms with Crippen molar-refractivity contribution in [1.29, 1.82) is 5.26 Å². The van der Waals surface area contributed by atoms with Crippen molar-refractivity contribution < 1.29 is 0 Å². The number of hydrogen-bond acceptors (Lipinski definition) is 4. The molecule has 2 N–H and O–H groups in total. The number of rotatable bonds is 2. The van der Waals surface area contributed by atoms with Crippen LogP contribution in [-0.2, 0) is 6.54 Å². The Balaban J connectivity index is 2.31. The van der Waals surface area contributed by atoms with Crippen LogP contribution in [0.1, 0.15) is 17.2 Å². The summed E-state index contributed by atoms with van der Waals surface area (Å²) in [6, 6.07) is 7.38. The van der Waals surface area contributed by atoms with Crippen LogP contribution in [0.2, 0.25) is 0 Å². The lowest BCUT2D eigenvalue weighted by Gasteiger charge is -2.05. The van der Waals surface area contributed by atoms with Gasteiger partial charge in [-0.1, -0.05) is 0 Å². The molecular weight excluding hydrogens is 202 g/mol. The zero-order chi connectivity index (χ0) is 11.5. The standard InChI is InChI=1S/C11H11N5/c1-8-5-10(13)15-11(14-8)7-16-4-2-3-9(16)6-12/h2-5H,7H2,1H3,(H2,13,14,15). The Bertz CT molecular complexity index is 529. The predicted molar refractivity (Wildman–Crippen MR) is 59.4 cm³/mol. The van der Waals surface area contributed by atoms with Crippen LogP contribution >= 0.6 is 0 Å². The smallest absolute Gasteiger partial charge is 0.150 e. The molecule has 0 bridgehead atoms. The van der Waals surface area contributed by atoms with Crippen LogP contribution in [0.25, 0.3) is 0 Å². The van der Waals surface area contributed by atoms with Crippen molar-refractivity contribution in [2.45, 2.75) is 13.5 Å². The van der Waals surface area contributed by atoms with Gasteiger partial charge in [-0.15, -0.1) is 0 Å². The minimum atomic E-state index is 0.452. The molecule has 0 saturated carbocycles. The highest BCUT2D eigenvalue weighted by atomic mass is 15.0. The van der Waals surface area contributed by atoms with Crippen molar-refractivity contribution in [3.63, 3.8) is 0 Å². The molecule has 0 aliphatic heterocycles. The van der Waals surface area contributed by atoms with Crippen LogP contribution in [0.3, 0.4) is 0 Å². The third-order valence-corrected chi connectivity index (χ3v) is 2.18. The number of aryl methyl sites for hydroxylation is 1. The van der Waals surface area contributed by atoms with E-state index >= 15 is 0 Å². The van der Waals surface area contributed by atoms with Crippen molar-refractivity contribution in [3.8, 4) is 6.07 Å². The van der Waals surface area contributed by atoms with Crippen LogP contribution in [0.5, 0.6) is 0 Å². The van der Waals surface area contributed by atoms with Gasteiger partial charge in [-0.2, -0.15) is 5.26 Å². The highest BCUT2D eigenvalue weighted by Gasteiger charge is 2.04. The lowest BCUT2D eigenvalue weighted by atomic mass is 10.4. The number of nitriles is 1. The Morgan fingerprint density at radius 3 is 3.00 bits per heavy atom. The van der Waals surface area contributed by atoms with Gasteiger partial charge in [0.1, 0.15) is 17.6 Å². The molecule has 2 aromatic heterocycles. The second kappa shape index (κ2) is 4.03. The summed E-state index contributed by atoms with van der Waals surface area (Å²) in [4.78, 5) is 8.38. The van der Waals surface area contributed by atoms with Gasteiger partial charge in [-0.25, -0.2) is 9.97 Å². The molecule has 80 valence electrons. The molecule has 2 aromatic rings. The molecule has 16 heavy (non-hydrogen) atoms. The van der Waals surface area contributed by atoms with Crippen LogP contribution in [0.4, 0.5) is 5.82 Å². The first-order valence-corrected chi connectivity index (χ1v) is 4.84. The molecule has 0 amide bonds. The monoisotopic (exact) mass is 213 g/mol. The minimum absolute atomic E-state index is 0.452. The summed E-state index contributed by atoms with van der Waals surface area (Å²) in [7, 11) is 0. The molecule has 0 aliphatic carbocycles. The van der Waals surface area contributed by atoms with Gasteiger partial charge in [0.15, 0.2) is 5.82 Å². The third-order valence-electron chi connectivity index (χ3n) is 2.18. The maximum absolute atomic E-state index is 8.86. The van der Waals surface area contributed by atoms with Crippen LogP contribution < -0.4 is 5.73 Å². The second-order valence-corrected chi connectivity index (χ2v) is 3.48. The van der Waals surface area contributed by atoms with Gasteiger partial charge in [0, 0.05) is 18.0 Å². The lowest BCUT2D eigenvalue weighted by molar-refractivity contribution is 0.737. The number of nitrogens with two attached hydrogens (primary N) is 1. The van der Waals surface area contributed by atoms with Gasteiger partial charge < -0.3 is 10.3 Å². The second-order valence-electron chi connectivity index (χ2n) is 3.48. The maximum atomic E-state index is 8.86. The van der Waals surface area contributed by atoms with Crippen LogP contribution in [-0.4, -0.2) is 14.5 Å². The van der Waals surface area contributed by atoms with Crippen LogP contribution in [0, 0.1) is 18.3 Å². The fourth-order valence-electron chi connectivity index (χ4n) is 1.53. The van der Waals surface area contributed by atoms with E-state index in [4.69, 9.17) is 11.0 Å². The molecule has 0 spiro atoms. The summed E-state index contributed by atoms with van der Waals surface area (Å²) in [6.07, 6.45) is 1.82. The number of nitrogen functional groups attached to an aromatic ring is 1. The molecule has 0 aromatic carbocycles. The van der Waals surface area contributed by atoms with E-state index in [9.17, 15) is 0 Å². The minimum Gasteiger partial charge on any atom is -0.384 e.